The minimum absolute atomic E-state index is 0.190. The lowest BCUT2D eigenvalue weighted by Crippen LogP contribution is -2.21. The van der Waals surface area contributed by atoms with Crippen molar-refractivity contribution in [3.05, 3.63) is 82.4 Å². The van der Waals surface area contributed by atoms with Crippen molar-refractivity contribution in [1.29, 1.82) is 0 Å². The molecule has 4 heteroatoms. The molecule has 0 spiro atoms. The highest BCUT2D eigenvalue weighted by Crippen LogP contribution is 2.21. The monoisotopic (exact) mass is 306 g/mol. The Kier molecular flexibility index (Phi) is 3.89. The number of esters is 1. The number of ether oxygens (including phenoxy) is 1. The van der Waals surface area contributed by atoms with Gasteiger partial charge in [-0.1, -0.05) is 42.5 Å². The van der Waals surface area contributed by atoms with Crippen LogP contribution in [0.2, 0.25) is 0 Å². The fraction of sp³-hybridized carbons (Fsp3) is 0.105. The van der Waals surface area contributed by atoms with Crippen molar-refractivity contribution in [2.75, 3.05) is 6.61 Å². The number of carbonyl (C=O) groups is 3. The summed E-state index contributed by atoms with van der Waals surface area (Å²) in [6.45, 7) is 1.59. The molecular weight excluding hydrogens is 292 g/mol. The van der Waals surface area contributed by atoms with Gasteiger partial charge in [0.2, 0.25) is 0 Å². The van der Waals surface area contributed by atoms with Crippen LogP contribution in [0.5, 0.6) is 0 Å². The Morgan fingerprint density at radius 3 is 2.35 bits per heavy atom. The van der Waals surface area contributed by atoms with E-state index in [9.17, 15) is 14.4 Å². The fourth-order valence-electron chi connectivity index (χ4n) is 2.50. The van der Waals surface area contributed by atoms with Crippen molar-refractivity contribution >= 4 is 17.5 Å². The van der Waals surface area contributed by atoms with E-state index in [1.54, 1.807) is 49.4 Å². The number of Topliss-reactive ketones (excluding diaryl/α,β-unsaturated/α-hetero) is 1. The van der Waals surface area contributed by atoms with Gasteiger partial charge in [-0.2, -0.15) is 0 Å². The molecule has 0 saturated heterocycles. The van der Waals surface area contributed by atoms with Crippen LogP contribution < -0.4 is 0 Å². The van der Waals surface area contributed by atoms with Gasteiger partial charge in [-0.15, -0.1) is 0 Å². The van der Waals surface area contributed by atoms with E-state index in [0.717, 1.165) is 5.56 Å². The number of allylic oxidation sites excluding steroid dienone is 1. The number of rotatable bonds is 3. The lowest BCUT2D eigenvalue weighted by atomic mass is 9.90. The summed E-state index contributed by atoms with van der Waals surface area (Å²) in [5, 5.41) is 0. The van der Waals surface area contributed by atoms with Crippen LogP contribution in [0.4, 0.5) is 0 Å². The molecule has 0 bridgehead atoms. The van der Waals surface area contributed by atoms with E-state index in [1.807, 2.05) is 6.07 Å². The third-order valence-corrected chi connectivity index (χ3v) is 3.76. The predicted octanol–water partition coefficient (Wildman–Crippen LogP) is 3.16. The standard InChI is InChI=1S/C19H14O4/c1-12-6-2-3-7-14(12)19(22)23-11-13-10-17(20)15-8-4-5-9-16(15)18(13)21/h2-10H,11H2,1H3. The number of ketones is 2. The Morgan fingerprint density at radius 1 is 0.957 bits per heavy atom. The molecule has 0 unspecified atom stereocenters. The summed E-state index contributed by atoms with van der Waals surface area (Å²) in [4.78, 5) is 36.5. The second-order valence-corrected chi connectivity index (χ2v) is 5.30. The molecule has 0 aromatic heterocycles. The Bertz CT molecular complexity index is 846. The average molecular weight is 306 g/mol. The minimum Gasteiger partial charge on any atom is -0.457 e. The van der Waals surface area contributed by atoms with E-state index < -0.39 is 5.97 Å². The van der Waals surface area contributed by atoms with Crippen LogP contribution in [0, 0.1) is 6.92 Å². The van der Waals surface area contributed by atoms with Crippen LogP contribution >= 0.6 is 0 Å². The molecule has 2 aromatic carbocycles. The van der Waals surface area contributed by atoms with Gasteiger partial charge in [0, 0.05) is 16.7 Å². The Balaban J connectivity index is 1.77. The predicted molar refractivity (Wildman–Crippen MR) is 84.6 cm³/mol. The molecule has 0 amide bonds. The number of carbonyl (C=O) groups excluding carboxylic acids is 3. The first kappa shape index (κ1) is 14.9. The van der Waals surface area contributed by atoms with Gasteiger partial charge in [-0.3, -0.25) is 9.59 Å². The number of fused-ring (bicyclic) bond motifs is 1. The Hall–Kier alpha value is -3.01. The average Bonchev–Trinajstić information content (AvgIpc) is 2.57. The Morgan fingerprint density at radius 2 is 1.61 bits per heavy atom. The zero-order chi connectivity index (χ0) is 16.4. The first-order valence-electron chi connectivity index (χ1n) is 7.19. The van der Waals surface area contributed by atoms with Crippen LogP contribution in [0.15, 0.2) is 60.2 Å². The van der Waals surface area contributed by atoms with Gasteiger partial charge in [-0.05, 0) is 24.6 Å². The summed E-state index contributed by atoms with van der Waals surface area (Å²) in [7, 11) is 0. The van der Waals surface area contributed by atoms with Crippen LogP contribution in [0.3, 0.4) is 0 Å². The lowest BCUT2D eigenvalue weighted by Gasteiger charge is -2.15. The molecule has 0 atom stereocenters. The highest BCUT2D eigenvalue weighted by Gasteiger charge is 2.25. The van der Waals surface area contributed by atoms with E-state index in [1.165, 1.54) is 6.08 Å². The van der Waals surface area contributed by atoms with Gasteiger partial charge in [0.25, 0.3) is 0 Å². The summed E-state index contributed by atoms with van der Waals surface area (Å²) in [6.07, 6.45) is 1.25. The largest absolute Gasteiger partial charge is 0.457 e. The van der Waals surface area contributed by atoms with Crippen LogP contribution in [-0.4, -0.2) is 24.1 Å². The van der Waals surface area contributed by atoms with Crippen molar-refractivity contribution in [2.24, 2.45) is 0 Å². The molecule has 3 rings (SSSR count). The zero-order valence-electron chi connectivity index (χ0n) is 12.5. The van der Waals surface area contributed by atoms with E-state index in [4.69, 9.17) is 4.74 Å². The van der Waals surface area contributed by atoms with Crippen LogP contribution in [-0.2, 0) is 4.74 Å². The maximum atomic E-state index is 12.4. The third-order valence-electron chi connectivity index (χ3n) is 3.76. The van der Waals surface area contributed by atoms with Gasteiger partial charge in [-0.25, -0.2) is 4.79 Å². The van der Waals surface area contributed by atoms with Gasteiger partial charge >= 0.3 is 5.97 Å². The first-order chi connectivity index (χ1) is 11.1. The topological polar surface area (TPSA) is 60.4 Å². The molecular formula is C19H14O4. The van der Waals surface area contributed by atoms with E-state index >= 15 is 0 Å². The van der Waals surface area contributed by atoms with Gasteiger partial charge in [0.15, 0.2) is 11.6 Å². The molecule has 114 valence electrons. The zero-order valence-corrected chi connectivity index (χ0v) is 12.5. The van der Waals surface area contributed by atoms with Gasteiger partial charge in [0.05, 0.1) is 5.56 Å². The molecule has 1 aliphatic rings. The maximum absolute atomic E-state index is 12.4. The molecule has 0 N–H and O–H groups in total. The van der Waals surface area contributed by atoms with Crippen molar-refractivity contribution < 1.29 is 19.1 Å². The molecule has 23 heavy (non-hydrogen) atoms. The summed E-state index contributed by atoms with van der Waals surface area (Å²) >= 11 is 0. The summed E-state index contributed by atoms with van der Waals surface area (Å²) in [5.41, 5.74) is 2.16. The molecule has 4 nitrogen and oxygen atoms in total. The van der Waals surface area contributed by atoms with Crippen LogP contribution in [0.25, 0.3) is 0 Å². The Labute approximate surface area is 133 Å². The lowest BCUT2D eigenvalue weighted by molar-refractivity contribution is 0.0534. The third kappa shape index (κ3) is 2.83. The quantitative estimate of drug-likeness (QED) is 0.817. The fourth-order valence-corrected chi connectivity index (χ4v) is 2.50. The van der Waals surface area contributed by atoms with E-state index in [0.29, 0.717) is 16.7 Å². The van der Waals surface area contributed by atoms with Gasteiger partial charge in [0.1, 0.15) is 6.61 Å². The highest BCUT2D eigenvalue weighted by atomic mass is 16.5. The number of hydrogen-bond acceptors (Lipinski definition) is 4. The number of benzene rings is 2. The summed E-state index contributed by atoms with van der Waals surface area (Å²) < 4.78 is 5.20. The van der Waals surface area contributed by atoms with E-state index in [2.05, 4.69) is 0 Å². The molecule has 0 aliphatic heterocycles. The van der Waals surface area contributed by atoms with Crippen molar-refractivity contribution in [2.45, 2.75) is 6.92 Å². The molecule has 0 fully saturated rings. The normalized spacial score (nSPS) is 13.3. The second-order valence-electron chi connectivity index (χ2n) is 5.30. The maximum Gasteiger partial charge on any atom is 0.338 e. The number of hydrogen-bond donors (Lipinski definition) is 0. The molecule has 0 saturated carbocycles. The first-order valence-corrected chi connectivity index (χ1v) is 7.19. The molecule has 0 heterocycles. The van der Waals surface area contributed by atoms with Crippen LogP contribution in [0.1, 0.15) is 36.6 Å². The molecule has 2 aromatic rings. The van der Waals surface area contributed by atoms with Crippen molar-refractivity contribution in [1.82, 2.24) is 0 Å². The highest BCUT2D eigenvalue weighted by molar-refractivity contribution is 6.24. The van der Waals surface area contributed by atoms with E-state index in [-0.39, 0.29) is 23.7 Å². The minimum atomic E-state index is -0.511. The van der Waals surface area contributed by atoms with Gasteiger partial charge < -0.3 is 4.74 Å². The summed E-state index contributed by atoms with van der Waals surface area (Å²) in [6, 6.07) is 13.7. The molecule has 1 aliphatic carbocycles. The summed E-state index contributed by atoms with van der Waals surface area (Å²) in [5.74, 6) is -1.04. The van der Waals surface area contributed by atoms with Crippen molar-refractivity contribution in [3.63, 3.8) is 0 Å². The molecule has 0 radical (unpaired) electrons. The van der Waals surface area contributed by atoms with Crippen molar-refractivity contribution in [3.8, 4) is 0 Å². The number of aryl methyl sites for hydroxylation is 1. The smallest absolute Gasteiger partial charge is 0.338 e. The second kappa shape index (κ2) is 6.01. The SMILES string of the molecule is Cc1ccccc1C(=O)OCC1=CC(=O)c2ccccc2C1=O.